The molecule has 1 aromatic rings. The summed E-state index contributed by atoms with van der Waals surface area (Å²) < 4.78 is 12.7. The van der Waals surface area contributed by atoms with E-state index in [-0.39, 0.29) is 17.6 Å². The van der Waals surface area contributed by atoms with Gasteiger partial charge < -0.3 is 10.6 Å². The third-order valence-electron chi connectivity index (χ3n) is 2.94. The second-order valence-electron chi connectivity index (χ2n) is 4.33. The Morgan fingerprint density at radius 3 is 2.56 bits per heavy atom. The molecule has 0 radical (unpaired) electrons. The zero-order valence-corrected chi connectivity index (χ0v) is 11.0. The van der Waals surface area contributed by atoms with E-state index in [1.165, 1.54) is 12.1 Å². The van der Waals surface area contributed by atoms with Crippen molar-refractivity contribution in [2.24, 2.45) is 5.92 Å². The summed E-state index contributed by atoms with van der Waals surface area (Å²) in [5.41, 5.74) is 1.03. The number of rotatable bonds is 7. The van der Waals surface area contributed by atoms with Gasteiger partial charge in [-0.25, -0.2) is 4.39 Å². The van der Waals surface area contributed by atoms with E-state index in [4.69, 9.17) is 0 Å². The van der Waals surface area contributed by atoms with Crippen LogP contribution in [0.15, 0.2) is 24.3 Å². The largest absolute Gasteiger partial charge is 0.355 e. The number of carbonyl (C=O) groups is 1. The number of nitrogens with one attached hydrogen (secondary N) is 2. The highest BCUT2D eigenvalue weighted by molar-refractivity contribution is 5.78. The van der Waals surface area contributed by atoms with Crippen LogP contribution in [0.2, 0.25) is 0 Å². The highest BCUT2D eigenvalue weighted by atomic mass is 19.1. The van der Waals surface area contributed by atoms with E-state index >= 15 is 0 Å². The lowest BCUT2D eigenvalue weighted by molar-refractivity contribution is -0.124. The van der Waals surface area contributed by atoms with Gasteiger partial charge in [-0.3, -0.25) is 4.79 Å². The lowest BCUT2D eigenvalue weighted by Crippen LogP contribution is -2.36. The van der Waals surface area contributed by atoms with Gasteiger partial charge in [-0.2, -0.15) is 0 Å². The maximum atomic E-state index is 12.7. The molecule has 0 saturated heterocycles. The number of halogens is 1. The van der Waals surface area contributed by atoms with Crippen molar-refractivity contribution in [2.75, 3.05) is 20.1 Å². The average Bonchev–Trinajstić information content (AvgIpc) is 2.38. The van der Waals surface area contributed by atoms with Crippen molar-refractivity contribution >= 4 is 5.91 Å². The van der Waals surface area contributed by atoms with Gasteiger partial charge in [0, 0.05) is 13.1 Å². The summed E-state index contributed by atoms with van der Waals surface area (Å²) in [6.07, 6.45) is 1.55. The van der Waals surface area contributed by atoms with E-state index < -0.39 is 0 Å². The van der Waals surface area contributed by atoms with Crippen molar-refractivity contribution in [3.8, 4) is 0 Å². The van der Waals surface area contributed by atoms with Gasteiger partial charge in [0.1, 0.15) is 5.82 Å². The van der Waals surface area contributed by atoms with Gasteiger partial charge in [0.15, 0.2) is 0 Å². The van der Waals surface area contributed by atoms with Crippen LogP contribution in [0.25, 0.3) is 0 Å². The summed E-state index contributed by atoms with van der Waals surface area (Å²) in [6, 6.07) is 6.36. The van der Waals surface area contributed by atoms with Gasteiger partial charge in [-0.05, 0) is 37.6 Å². The Hall–Kier alpha value is -1.42. The molecular formula is C14H21FN2O. The normalized spacial score (nSPS) is 12.2. The maximum Gasteiger partial charge on any atom is 0.224 e. The lowest BCUT2D eigenvalue weighted by atomic mass is 10.1. The number of amides is 1. The van der Waals surface area contributed by atoms with Crippen LogP contribution in [-0.4, -0.2) is 26.0 Å². The minimum atomic E-state index is -0.233. The second-order valence-corrected chi connectivity index (χ2v) is 4.33. The second kappa shape index (κ2) is 7.82. The summed E-state index contributed by atoms with van der Waals surface area (Å²) in [5.74, 6) is -0.139. The zero-order chi connectivity index (χ0) is 13.4. The fourth-order valence-electron chi connectivity index (χ4n) is 1.79. The van der Waals surface area contributed by atoms with E-state index in [9.17, 15) is 9.18 Å². The first-order valence-electron chi connectivity index (χ1n) is 6.34. The molecule has 1 amide bonds. The Kier molecular flexibility index (Phi) is 6.36. The SMILES string of the molecule is CCC(CNC)C(=O)NCCc1ccc(F)cc1. The molecule has 2 N–H and O–H groups in total. The van der Waals surface area contributed by atoms with Crippen LogP contribution in [0.4, 0.5) is 4.39 Å². The van der Waals surface area contributed by atoms with Crippen LogP contribution < -0.4 is 10.6 Å². The Morgan fingerprint density at radius 2 is 2.00 bits per heavy atom. The summed E-state index contributed by atoms with van der Waals surface area (Å²) >= 11 is 0. The molecule has 0 aliphatic rings. The molecule has 100 valence electrons. The van der Waals surface area contributed by atoms with Gasteiger partial charge in [-0.15, -0.1) is 0 Å². The molecular weight excluding hydrogens is 231 g/mol. The molecule has 4 heteroatoms. The fraction of sp³-hybridized carbons (Fsp3) is 0.500. The minimum Gasteiger partial charge on any atom is -0.355 e. The highest BCUT2D eigenvalue weighted by Gasteiger charge is 2.14. The molecule has 3 nitrogen and oxygen atoms in total. The van der Waals surface area contributed by atoms with Crippen LogP contribution in [0.1, 0.15) is 18.9 Å². The number of hydrogen-bond acceptors (Lipinski definition) is 2. The van der Waals surface area contributed by atoms with E-state index in [0.717, 1.165) is 18.4 Å². The van der Waals surface area contributed by atoms with Crippen molar-refractivity contribution < 1.29 is 9.18 Å². The molecule has 0 fully saturated rings. The molecule has 0 heterocycles. The monoisotopic (exact) mass is 252 g/mol. The van der Waals surface area contributed by atoms with Crippen LogP contribution in [0, 0.1) is 11.7 Å². The molecule has 0 aromatic heterocycles. The van der Waals surface area contributed by atoms with E-state index in [1.54, 1.807) is 12.1 Å². The third kappa shape index (κ3) is 4.84. The first-order valence-corrected chi connectivity index (χ1v) is 6.34. The zero-order valence-electron chi connectivity index (χ0n) is 11.0. The van der Waals surface area contributed by atoms with Crippen molar-refractivity contribution in [3.63, 3.8) is 0 Å². The van der Waals surface area contributed by atoms with E-state index in [0.29, 0.717) is 13.1 Å². The third-order valence-corrected chi connectivity index (χ3v) is 2.94. The Balaban J connectivity index is 2.32. The fourth-order valence-corrected chi connectivity index (χ4v) is 1.79. The summed E-state index contributed by atoms with van der Waals surface area (Å²) in [7, 11) is 1.84. The van der Waals surface area contributed by atoms with Crippen molar-refractivity contribution in [1.29, 1.82) is 0 Å². The molecule has 0 spiro atoms. The number of benzene rings is 1. The molecule has 0 aliphatic heterocycles. The van der Waals surface area contributed by atoms with E-state index in [2.05, 4.69) is 10.6 Å². The van der Waals surface area contributed by atoms with Gasteiger partial charge in [0.05, 0.1) is 5.92 Å². The van der Waals surface area contributed by atoms with Crippen LogP contribution in [-0.2, 0) is 11.2 Å². The molecule has 1 unspecified atom stereocenters. The van der Waals surface area contributed by atoms with Gasteiger partial charge in [-0.1, -0.05) is 19.1 Å². The van der Waals surface area contributed by atoms with Crippen molar-refractivity contribution in [2.45, 2.75) is 19.8 Å². The van der Waals surface area contributed by atoms with Gasteiger partial charge in [0.25, 0.3) is 0 Å². The van der Waals surface area contributed by atoms with E-state index in [1.807, 2.05) is 14.0 Å². The molecule has 1 rings (SSSR count). The smallest absolute Gasteiger partial charge is 0.224 e. The number of hydrogen-bond donors (Lipinski definition) is 2. The van der Waals surface area contributed by atoms with Gasteiger partial charge in [0.2, 0.25) is 5.91 Å². The standard InChI is InChI=1S/C14H21FN2O/c1-3-12(10-16-2)14(18)17-9-8-11-4-6-13(15)7-5-11/h4-7,12,16H,3,8-10H2,1-2H3,(H,17,18). The predicted octanol–water partition coefficient (Wildman–Crippen LogP) is 1.73. The molecule has 0 bridgehead atoms. The molecule has 0 saturated carbocycles. The first kappa shape index (κ1) is 14.6. The van der Waals surface area contributed by atoms with Crippen LogP contribution >= 0.6 is 0 Å². The average molecular weight is 252 g/mol. The Labute approximate surface area is 108 Å². The predicted molar refractivity (Wildman–Crippen MR) is 70.8 cm³/mol. The highest BCUT2D eigenvalue weighted by Crippen LogP contribution is 2.04. The summed E-state index contributed by atoms with van der Waals surface area (Å²) in [5, 5.41) is 5.92. The van der Waals surface area contributed by atoms with Crippen molar-refractivity contribution in [3.05, 3.63) is 35.6 Å². The quantitative estimate of drug-likeness (QED) is 0.776. The Bertz CT molecular complexity index is 365. The summed E-state index contributed by atoms with van der Waals surface area (Å²) in [4.78, 5) is 11.8. The topological polar surface area (TPSA) is 41.1 Å². The summed E-state index contributed by atoms with van der Waals surface area (Å²) in [6.45, 7) is 3.28. The van der Waals surface area contributed by atoms with Crippen LogP contribution in [0.5, 0.6) is 0 Å². The van der Waals surface area contributed by atoms with Gasteiger partial charge >= 0.3 is 0 Å². The molecule has 1 atom stereocenters. The molecule has 18 heavy (non-hydrogen) atoms. The maximum absolute atomic E-state index is 12.7. The first-order chi connectivity index (χ1) is 8.67. The Morgan fingerprint density at radius 1 is 1.33 bits per heavy atom. The number of carbonyl (C=O) groups excluding carboxylic acids is 1. The van der Waals surface area contributed by atoms with Crippen LogP contribution in [0.3, 0.4) is 0 Å². The molecule has 1 aromatic carbocycles. The van der Waals surface area contributed by atoms with Crippen molar-refractivity contribution in [1.82, 2.24) is 10.6 Å². The molecule has 0 aliphatic carbocycles. The minimum absolute atomic E-state index is 0.0169. The lowest BCUT2D eigenvalue weighted by Gasteiger charge is -2.14.